The summed E-state index contributed by atoms with van der Waals surface area (Å²) in [7, 11) is 3.24. The predicted octanol–water partition coefficient (Wildman–Crippen LogP) is 3.76. The number of nitrogens with one attached hydrogen (secondary N) is 1. The normalized spacial score (nSPS) is 14.4. The molecule has 1 aliphatic rings. The van der Waals surface area contributed by atoms with Crippen molar-refractivity contribution >= 4 is 29.3 Å². The van der Waals surface area contributed by atoms with Gasteiger partial charge in [-0.1, -0.05) is 6.07 Å². The zero-order chi connectivity index (χ0) is 24.1. The smallest absolute Gasteiger partial charge is 0.276 e. The molecule has 34 heavy (non-hydrogen) atoms. The van der Waals surface area contributed by atoms with Gasteiger partial charge in [0.1, 0.15) is 29.6 Å². The Labute approximate surface area is 203 Å². The van der Waals surface area contributed by atoms with Gasteiger partial charge in [-0.3, -0.25) is 14.4 Å². The van der Waals surface area contributed by atoms with E-state index in [1.165, 1.54) is 4.90 Å². The first-order valence-electron chi connectivity index (χ1n) is 10.8. The van der Waals surface area contributed by atoms with Crippen molar-refractivity contribution in [3.63, 3.8) is 0 Å². The lowest BCUT2D eigenvalue weighted by Gasteiger charge is -2.12. The molecule has 1 amide bonds. The van der Waals surface area contributed by atoms with E-state index in [1.54, 1.807) is 26.5 Å². The number of carbonyl (C=O) groups is 1. The molecule has 0 atom stereocenters. The SMILES string of the molecule is CCn1cc(CN2C(=O)/C(=C\c3ccc(OC)c(COc4ccc(OC)cc4)c3)NC2=S)cn1. The monoisotopic (exact) mass is 478 g/mol. The first-order valence-corrected chi connectivity index (χ1v) is 11.2. The second-order valence-electron chi connectivity index (χ2n) is 7.62. The van der Waals surface area contributed by atoms with Crippen LogP contribution in [0.3, 0.4) is 0 Å². The standard InChI is InChI=1S/C25H26N4O4S/c1-4-28-14-18(13-26-28)15-29-24(30)22(27-25(29)34)12-17-5-10-23(32-3)19(11-17)16-33-21-8-6-20(31-2)7-9-21/h5-14H,4,15-16H2,1-3H3,(H,27,34)/b22-12+. The lowest BCUT2D eigenvalue weighted by atomic mass is 10.1. The second-order valence-corrected chi connectivity index (χ2v) is 8.01. The van der Waals surface area contributed by atoms with Crippen LogP contribution in [-0.4, -0.2) is 39.9 Å². The first-order chi connectivity index (χ1) is 16.5. The van der Waals surface area contributed by atoms with E-state index in [2.05, 4.69) is 10.4 Å². The fraction of sp³-hybridized carbons (Fsp3) is 0.240. The Bertz CT molecular complexity index is 1220. The Hall–Kier alpha value is -3.85. The number of ether oxygens (including phenoxy) is 3. The summed E-state index contributed by atoms with van der Waals surface area (Å²) in [4.78, 5) is 14.5. The Morgan fingerprint density at radius 3 is 2.53 bits per heavy atom. The van der Waals surface area contributed by atoms with Crippen molar-refractivity contribution in [2.24, 2.45) is 0 Å². The van der Waals surface area contributed by atoms with Gasteiger partial charge in [-0.2, -0.15) is 5.10 Å². The van der Waals surface area contributed by atoms with Crippen molar-refractivity contribution < 1.29 is 19.0 Å². The molecule has 4 rings (SSSR count). The van der Waals surface area contributed by atoms with E-state index in [-0.39, 0.29) is 5.91 Å². The third kappa shape index (κ3) is 5.20. The lowest BCUT2D eigenvalue weighted by molar-refractivity contribution is -0.122. The van der Waals surface area contributed by atoms with E-state index in [9.17, 15) is 4.79 Å². The summed E-state index contributed by atoms with van der Waals surface area (Å²) in [6, 6.07) is 13.0. The number of aromatic nitrogens is 2. The molecule has 8 nitrogen and oxygen atoms in total. The maximum Gasteiger partial charge on any atom is 0.276 e. The molecule has 0 radical (unpaired) electrons. The Morgan fingerprint density at radius 1 is 1.09 bits per heavy atom. The van der Waals surface area contributed by atoms with Crippen molar-refractivity contribution in [3.05, 3.63) is 77.2 Å². The number of hydrogen-bond acceptors (Lipinski definition) is 6. The van der Waals surface area contributed by atoms with Gasteiger partial charge in [0, 0.05) is 23.9 Å². The van der Waals surface area contributed by atoms with Crippen molar-refractivity contribution in [1.82, 2.24) is 20.0 Å². The molecule has 1 aromatic heterocycles. The maximum atomic E-state index is 13.0. The average Bonchev–Trinajstić information content (AvgIpc) is 3.43. The molecule has 0 spiro atoms. The summed E-state index contributed by atoms with van der Waals surface area (Å²) >= 11 is 5.40. The van der Waals surface area contributed by atoms with Crippen LogP contribution in [0.25, 0.3) is 6.08 Å². The molecule has 9 heteroatoms. The highest BCUT2D eigenvalue weighted by atomic mass is 32.1. The molecule has 3 aromatic rings. The Morgan fingerprint density at radius 2 is 1.85 bits per heavy atom. The van der Waals surface area contributed by atoms with Gasteiger partial charge in [-0.25, -0.2) is 0 Å². The summed E-state index contributed by atoms with van der Waals surface area (Å²) in [6.07, 6.45) is 5.44. The highest BCUT2D eigenvalue weighted by Crippen LogP contribution is 2.25. The number of nitrogens with zero attached hydrogens (tertiary/aromatic N) is 3. The number of aryl methyl sites for hydroxylation is 1. The quantitative estimate of drug-likeness (QED) is 0.371. The summed E-state index contributed by atoms with van der Waals surface area (Å²) in [5.41, 5.74) is 3.01. The molecule has 1 N–H and O–H groups in total. The minimum Gasteiger partial charge on any atom is -0.497 e. The lowest BCUT2D eigenvalue weighted by Crippen LogP contribution is -2.29. The highest BCUT2D eigenvalue weighted by molar-refractivity contribution is 7.80. The van der Waals surface area contributed by atoms with Crippen LogP contribution >= 0.6 is 12.2 Å². The van der Waals surface area contributed by atoms with E-state index in [4.69, 9.17) is 26.4 Å². The van der Waals surface area contributed by atoms with E-state index >= 15 is 0 Å². The molecule has 0 aliphatic carbocycles. The molecule has 0 unspecified atom stereocenters. The van der Waals surface area contributed by atoms with E-state index in [1.807, 2.05) is 60.3 Å². The molecule has 176 valence electrons. The third-order valence-corrected chi connectivity index (χ3v) is 5.71. The highest BCUT2D eigenvalue weighted by Gasteiger charge is 2.30. The molecule has 2 aromatic carbocycles. The number of thiocarbonyl (C=S) groups is 1. The van der Waals surface area contributed by atoms with Crippen molar-refractivity contribution in [1.29, 1.82) is 0 Å². The van der Waals surface area contributed by atoms with Crippen molar-refractivity contribution in [2.45, 2.75) is 26.6 Å². The van der Waals surface area contributed by atoms with Gasteiger partial charge < -0.3 is 19.5 Å². The summed E-state index contributed by atoms with van der Waals surface area (Å²) in [6.45, 7) is 3.45. The number of benzene rings is 2. The first kappa shape index (κ1) is 23.3. The number of hydrogen-bond donors (Lipinski definition) is 1. The number of rotatable bonds is 9. The summed E-state index contributed by atoms with van der Waals surface area (Å²) in [5, 5.41) is 7.66. The van der Waals surface area contributed by atoms with Crippen LogP contribution in [0.1, 0.15) is 23.6 Å². The minimum atomic E-state index is -0.180. The van der Waals surface area contributed by atoms with Crippen LogP contribution < -0.4 is 19.5 Å². The number of carbonyl (C=O) groups excluding carboxylic acids is 1. The van der Waals surface area contributed by atoms with E-state index in [0.29, 0.717) is 35.5 Å². The molecular formula is C25H26N4O4S. The maximum absolute atomic E-state index is 13.0. The average molecular weight is 479 g/mol. The molecule has 1 aliphatic heterocycles. The van der Waals surface area contributed by atoms with Crippen molar-refractivity contribution in [2.75, 3.05) is 14.2 Å². The fourth-order valence-electron chi connectivity index (χ4n) is 3.56. The van der Waals surface area contributed by atoms with Crippen LogP contribution in [0.2, 0.25) is 0 Å². The number of amides is 1. The largest absolute Gasteiger partial charge is 0.497 e. The van der Waals surface area contributed by atoms with Gasteiger partial charge in [0.05, 0.1) is 27.0 Å². The van der Waals surface area contributed by atoms with Gasteiger partial charge in [0.25, 0.3) is 5.91 Å². The molecule has 0 bridgehead atoms. The fourth-order valence-corrected chi connectivity index (χ4v) is 3.82. The molecule has 1 fully saturated rings. The van der Waals surface area contributed by atoms with Gasteiger partial charge in [0.2, 0.25) is 0 Å². The van der Waals surface area contributed by atoms with Crippen LogP contribution in [0.4, 0.5) is 0 Å². The summed E-state index contributed by atoms with van der Waals surface area (Å²) < 4.78 is 18.4. The van der Waals surface area contributed by atoms with Crippen LogP contribution in [0.15, 0.2) is 60.6 Å². The van der Waals surface area contributed by atoms with Gasteiger partial charge in [0.15, 0.2) is 5.11 Å². The molecular weight excluding hydrogens is 452 g/mol. The minimum absolute atomic E-state index is 0.180. The van der Waals surface area contributed by atoms with Crippen LogP contribution in [0.5, 0.6) is 17.2 Å². The van der Waals surface area contributed by atoms with Gasteiger partial charge in [-0.15, -0.1) is 0 Å². The predicted molar refractivity (Wildman–Crippen MR) is 132 cm³/mol. The zero-order valence-electron chi connectivity index (χ0n) is 19.3. The van der Waals surface area contributed by atoms with Gasteiger partial charge in [-0.05, 0) is 67.2 Å². The second kappa shape index (κ2) is 10.4. The molecule has 1 saturated heterocycles. The molecule has 0 saturated carbocycles. The third-order valence-electron chi connectivity index (χ3n) is 5.38. The van der Waals surface area contributed by atoms with E-state index in [0.717, 1.165) is 29.0 Å². The number of methoxy groups -OCH3 is 2. The topological polar surface area (TPSA) is 77.9 Å². The van der Waals surface area contributed by atoms with Crippen LogP contribution in [0, 0.1) is 0 Å². The summed E-state index contributed by atoms with van der Waals surface area (Å²) in [5.74, 6) is 2.00. The Balaban J connectivity index is 1.49. The molecule has 2 heterocycles. The van der Waals surface area contributed by atoms with Crippen molar-refractivity contribution in [3.8, 4) is 17.2 Å². The van der Waals surface area contributed by atoms with Crippen LogP contribution in [-0.2, 0) is 24.5 Å². The van der Waals surface area contributed by atoms with E-state index < -0.39 is 0 Å². The Kier molecular flexibility index (Phi) is 7.12. The zero-order valence-corrected chi connectivity index (χ0v) is 20.1. The van der Waals surface area contributed by atoms with Gasteiger partial charge >= 0.3 is 0 Å².